The van der Waals surface area contributed by atoms with Crippen LogP contribution in [0.4, 0.5) is 17.6 Å². The molecule has 0 bridgehead atoms. The number of phenolic OH excluding ortho intramolecular Hbond substituents is 1. The number of unbranched alkanes of at least 4 members (excludes halogenated alkanes) is 4. The molecular weight excluding hydrogens is 460 g/mol. The van der Waals surface area contributed by atoms with E-state index in [4.69, 9.17) is 27.8 Å². The summed E-state index contributed by atoms with van der Waals surface area (Å²) in [5.41, 5.74) is 0. The average molecular weight is 495 g/mol. The lowest BCUT2D eigenvalue weighted by Crippen LogP contribution is -2.15. The molecule has 0 aliphatic carbocycles. The molecular formula is C28H34F4O3. The van der Waals surface area contributed by atoms with Crippen LogP contribution >= 0.6 is 0 Å². The highest BCUT2D eigenvalue weighted by molar-refractivity contribution is 5.26. The molecule has 2 unspecified atom stereocenters. The van der Waals surface area contributed by atoms with E-state index >= 15 is 0 Å². The quantitative estimate of drug-likeness (QED) is 0.209. The number of phenols is 1. The first-order chi connectivity index (χ1) is 16.7. The molecule has 0 fully saturated rings. The van der Waals surface area contributed by atoms with E-state index in [1.54, 1.807) is 0 Å². The van der Waals surface area contributed by atoms with E-state index in [1.165, 1.54) is 31.0 Å². The van der Waals surface area contributed by atoms with Gasteiger partial charge in [0.1, 0.15) is 6.10 Å². The number of aromatic hydroxyl groups is 1. The van der Waals surface area contributed by atoms with Crippen molar-refractivity contribution in [2.24, 2.45) is 0 Å². The molecule has 2 aromatic carbocycles. The third-order valence-electron chi connectivity index (χ3n) is 4.65. The number of halogens is 4. The first kappa shape index (κ1) is 31.8. The normalized spacial score (nSPS) is 11.5. The second-order valence-corrected chi connectivity index (χ2v) is 7.57. The van der Waals surface area contributed by atoms with Crippen molar-refractivity contribution in [3.63, 3.8) is 0 Å². The number of aliphatic hydroxyl groups is 1. The summed E-state index contributed by atoms with van der Waals surface area (Å²) in [6, 6.07) is 7.07. The van der Waals surface area contributed by atoms with Crippen LogP contribution in [0.1, 0.15) is 65.2 Å². The van der Waals surface area contributed by atoms with Gasteiger partial charge < -0.3 is 14.9 Å². The summed E-state index contributed by atoms with van der Waals surface area (Å²) in [6.45, 7) is 4.21. The Hall–Kier alpha value is -3.16. The number of terminal acetylenes is 2. The Balaban J connectivity index is 0.000000543. The summed E-state index contributed by atoms with van der Waals surface area (Å²) in [4.78, 5) is 0. The van der Waals surface area contributed by atoms with Gasteiger partial charge in [-0.3, -0.25) is 0 Å². The zero-order valence-corrected chi connectivity index (χ0v) is 20.2. The van der Waals surface area contributed by atoms with Crippen LogP contribution < -0.4 is 4.74 Å². The molecule has 3 nitrogen and oxygen atoms in total. The third kappa shape index (κ3) is 14.0. The van der Waals surface area contributed by atoms with Gasteiger partial charge in [0.25, 0.3) is 0 Å². The van der Waals surface area contributed by atoms with E-state index in [-0.39, 0.29) is 5.75 Å². The van der Waals surface area contributed by atoms with Gasteiger partial charge in [-0.1, -0.05) is 63.5 Å². The van der Waals surface area contributed by atoms with E-state index in [1.807, 2.05) is 0 Å². The summed E-state index contributed by atoms with van der Waals surface area (Å²) in [7, 11) is 0. The Bertz CT molecular complexity index is 915. The Morgan fingerprint density at radius 2 is 1.34 bits per heavy atom. The predicted molar refractivity (Wildman–Crippen MR) is 131 cm³/mol. The van der Waals surface area contributed by atoms with Crippen molar-refractivity contribution in [1.82, 2.24) is 0 Å². The molecule has 7 heteroatoms. The Morgan fingerprint density at radius 3 is 1.83 bits per heavy atom. The highest BCUT2D eigenvalue weighted by atomic mass is 19.2. The van der Waals surface area contributed by atoms with Gasteiger partial charge >= 0.3 is 0 Å². The van der Waals surface area contributed by atoms with Crippen molar-refractivity contribution < 1.29 is 32.5 Å². The van der Waals surface area contributed by atoms with Crippen molar-refractivity contribution in [1.29, 1.82) is 0 Å². The molecule has 0 amide bonds. The average Bonchev–Trinajstić information content (AvgIpc) is 2.85. The van der Waals surface area contributed by atoms with E-state index in [2.05, 4.69) is 25.7 Å². The summed E-state index contributed by atoms with van der Waals surface area (Å²) in [5.74, 6) is -0.191. The third-order valence-corrected chi connectivity index (χ3v) is 4.65. The smallest absolute Gasteiger partial charge is 0.200 e. The van der Waals surface area contributed by atoms with E-state index < -0.39 is 41.2 Å². The highest BCUT2D eigenvalue weighted by Crippen LogP contribution is 2.21. The van der Waals surface area contributed by atoms with E-state index in [9.17, 15) is 17.6 Å². The molecule has 2 N–H and O–H groups in total. The van der Waals surface area contributed by atoms with Crippen LogP contribution in [0, 0.1) is 48.0 Å². The van der Waals surface area contributed by atoms with Crippen molar-refractivity contribution in [2.45, 2.75) is 77.4 Å². The van der Waals surface area contributed by atoms with Crippen LogP contribution in [0.2, 0.25) is 0 Å². The summed E-state index contributed by atoms with van der Waals surface area (Å²) in [5, 5.41) is 17.3. The van der Waals surface area contributed by atoms with Crippen LogP contribution in [-0.2, 0) is 0 Å². The second-order valence-electron chi connectivity index (χ2n) is 7.57. The molecule has 0 aliphatic rings. The van der Waals surface area contributed by atoms with E-state index in [0.717, 1.165) is 50.3 Å². The monoisotopic (exact) mass is 494 g/mol. The standard InChI is InChI=1S/C14H16F2O.C8H14O.C6H4F2O/c1-3-5-6-8-11(4-2)17-13-10-7-9-12(15)14(13)16;1-3-5-6-7-8(9)4-2;7-4-2-1-3-5(9)6(4)8/h2,7,9-11H,3,5-6,8H2,1H3;2,8-9H,3,5-7H2,1H3;1-3,9H. The van der Waals surface area contributed by atoms with Gasteiger partial charge in [-0.25, -0.2) is 8.78 Å². The maximum absolute atomic E-state index is 13.3. The largest absolute Gasteiger partial charge is 0.505 e. The summed E-state index contributed by atoms with van der Waals surface area (Å²) < 4.78 is 55.7. The SMILES string of the molecule is C#CC(CCCCC)Oc1cccc(F)c1F.C#CC(O)CCCCC.Oc1cccc(F)c1F. The minimum atomic E-state index is -1.20. The van der Waals surface area contributed by atoms with Crippen molar-refractivity contribution in [3.05, 3.63) is 59.7 Å². The molecule has 0 spiro atoms. The summed E-state index contributed by atoms with van der Waals surface area (Å²) in [6.07, 6.45) is 17.1. The van der Waals surface area contributed by atoms with Crippen LogP contribution in [-0.4, -0.2) is 22.4 Å². The lowest BCUT2D eigenvalue weighted by molar-refractivity contribution is 0.217. The maximum Gasteiger partial charge on any atom is 0.200 e. The molecule has 0 aromatic heterocycles. The second kappa shape index (κ2) is 19.2. The van der Waals surface area contributed by atoms with Crippen LogP contribution in [0.25, 0.3) is 0 Å². The van der Waals surface area contributed by atoms with Crippen molar-refractivity contribution in [2.75, 3.05) is 0 Å². The fraction of sp³-hybridized carbons (Fsp3) is 0.429. The number of hydrogen-bond acceptors (Lipinski definition) is 3. The van der Waals surface area contributed by atoms with Gasteiger partial charge in [-0.05, 0) is 49.9 Å². The first-order valence-electron chi connectivity index (χ1n) is 11.6. The van der Waals surface area contributed by atoms with Crippen LogP contribution in [0.3, 0.4) is 0 Å². The van der Waals surface area contributed by atoms with Gasteiger partial charge in [0.15, 0.2) is 35.1 Å². The topological polar surface area (TPSA) is 49.7 Å². The molecule has 0 radical (unpaired) electrons. The first-order valence-corrected chi connectivity index (χ1v) is 11.6. The Labute approximate surface area is 206 Å². The van der Waals surface area contributed by atoms with Gasteiger partial charge in [0.05, 0.1) is 0 Å². The Morgan fingerprint density at radius 1 is 0.800 bits per heavy atom. The minimum absolute atomic E-state index is 0.121. The fourth-order valence-electron chi connectivity index (χ4n) is 2.65. The molecule has 35 heavy (non-hydrogen) atoms. The van der Waals surface area contributed by atoms with Crippen molar-refractivity contribution >= 4 is 0 Å². The van der Waals surface area contributed by atoms with Crippen molar-refractivity contribution in [3.8, 4) is 36.2 Å². The number of ether oxygens (including phenoxy) is 1. The molecule has 0 saturated carbocycles. The molecule has 0 saturated heterocycles. The van der Waals surface area contributed by atoms with Gasteiger partial charge in [0, 0.05) is 0 Å². The van der Waals surface area contributed by atoms with Crippen LogP contribution in [0.5, 0.6) is 11.5 Å². The number of rotatable bonds is 10. The lowest BCUT2D eigenvalue weighted by Gasteiger charge is -2.14. The lowest BCUT2D eigenvalue weighted by atomic mass is 10.1. The van der Waals surface area contributed by atoms with E-state index in [0.29, 0.717) is 6.42 Å². The zero-order valence-electron chi connectivity index (χ0n) is 20.2. The molecule has 2 rings (SSSR count). The fourth-order valence-corrected chi connectivity index (χ4v) is 2.65. The van der Waals surface area contributed by atoms with Crippen LogP contribution in [0.15, 0.2) is 36.4 Å². The minimum Gasteiger partial charge on any atom is -0.505 e. The maximum atomic E-state index is 13.3. The van der Waals surface area contributed by atoms with Gasteiger partial charge in [-0.2, -0.15) is 8.78 Å². The molecule has 192 valence electrons. The number of aliphatic hydroxyl groups excluding tert-OH is 1. The summed E-state index contributed by atoms with van der Waals surface area (Å²) >= 11 is 0. The Kier molecular flexibility index (Phi) is 17.4. The molecule has 0 heterocycles. The number of hydrogen-bond donors (Lipinski definition) is 2. The molecule has 2 atom stereocenters. The molecule has 0 aliphatic heterocycles. The number of benzene rings is 2. The molecule has 2 aromatic rings. The van der Waals surface area contributed by atoms with Gasteiger partial charge in [0.2, 0.25) is 5.82 Å². The highest BCUT2D eigenvalue weighted by Gasteiger charge is 2.13. The predicted octanol–water partition coefficient (Wildman–Crippen LogP) is 7.16. The van der Waals surface area contributed by atoms with Gasteiger partial charge in [-0.15, -0.1) is 12.8 Å². The zero-order chi connectivity index (χ0) is 26.6.